The monoisotopic (exact) mass is 240 g/mol. The Morgan fingerprint density at radius 2 is 2.24 bits per heavy atom. The Balaban J connectivity index is 2.22. The SMILES string of the molecule is C[C@H]1CN(C(=O)c2cccc(F)c2F)CCN1. The molecule has 2 rings (SSSR count). The summed E-state index contributed by atoms with van der Waals surface area (Å²) in [6.45, 7) is 3.64. The maximum atomic E-state index is 13.5. The second-order valence-corrected chi connectivity index (χ2v) is 4.21. The number of carbonyl (C=O) groups is 1. The van der Waals surface area contributed by atoms with Crippen LogP contribution in [0.5, 0.6) is 0 Å². The van der Waals surface area contributed by atoms with E-state index in [-0.39, 0.29) is 11.6 Å². The molecule has 0 radical (unpaired) electrons. The average Bonchev–Trinajstić information content (AvgIpc) is 2.32. The molecule has 0 unspecified atom stereocenters. The number of hydrogen-bond donors (Lipinski definition) is 1. The molecular weight excluding hydrogens is 226 g/mol. The summed E-state index contributed by atoms with van der Waals surface area (Å²) >= 11 is 0. The summed E-state index contributed by atoms with van der Waals surface area (Å²) in [5.41, 5.74) is -0.195. The zero-order chi connectivity index (χ0) is 12.4. The number of carbonyl (C=O) groups excluding carboxylic acids is 1. The van der Waals surface area contributed by atoms with E-state index in [2.05, 4.69) is 5.32 Å². The van der Waals surface area contributed by atoms with Gasteiger partial charge in [0, 0.05) is 25.7 Å². The molecule has 1 aliphatic heterocycles. The van der Waals surface area contributed by atoms with Crippen LogP contribution in [0.15, 0.2) is 18.2 Å². The van der Waals surface area contributed by atoms with Gasteiger partial charge in [-0.2, -0.15) is 0 Å². The molecule has 1 aromatic rings. The summed E-state index contributed by atoms with van der Waals surface area (Å²) in [4.78, 5) is 13.6. The van der Waals surface area contributed by atoms with Gasteiger partial charge < -0.3 is 10.2 Å². The molecule has 5 heteroatoms. The van der Waals surface area contributed by atoms with Crippen molar-refractivity contribution >= 4 is 5.91 Å². The molecule has 0 aromatic heterocycles. The third kappa shape index (κ3) is 2.44. The van der Waals surface area contributed by atoms with Crippen LogP contribution in [-0.4, -0.2) is 36.5 Å². The Hall–Kier alpha value is -1.49. The van der Waals surface area contributed by atoms with E-state index in [1.165, 1.54) is 12.1 Å². The van der Waals surface area contributed by atoms with Crippen LogP contribution in [0.1, 0.15) is 17.3 Å². The molecule has 0 bridgehead atoms. The maximum Gasteiger partial charge on any atom is 0.257 e. The van der Waals surface area contributed by atoms with E-state index in [0.717, 1.165) is 6.07 Å². The lowest BCUT2D eigenvalue weighted by molar-refractivity contribution is 0.0703. The second kappa shape index (κ2) is 4.79. The lowest BCUT2D eigenvalue weighted by atomic mass is 10.1. The van der Waals surface area contributed by atoms with Gasteiger partial charge in [0.2, 0.25) is 0 Å². The van der Waals surface area contributed by atoms with Crippen LogP contribution in [0.4, 0.5) is 8.78 Å². The number of rotatable bonds is 1. The predicted molar refractivity (Wildman–Crippen MR) is 59.7 cm³/mol. The molecule has 1 aliphatic rings. The van der Waals surface area contributed by atoms with E-state index in [1.807, 2.05) is 6.92 Å². The van der Waals surface area contributed by atoms with Crippen molar-refractivity contribution in [1.82, 2.24) is 10.2 Å². The smallest absolute Gasteiger partial charge is 0.257 e. The molecular formula is C12H14F2N2O. The summed E-state index contributed by atoms with van der Waals surface area (Å²) in [6.07, 6.45) is 0. The fourth-order valence-electron chi connectivity index (χ4n) is 1.96. The largest absolute Gasteiger partial charge is 0.336 e. The first-order valence-corrected chi connectivity index (χ1v) is 5.56. The Morgan fingerprint density at radius 1 is 1.47 bits per heavy atom. The second-order valence-electron chi connectivity index (χ2n) is 4.21. The highest BCUT2D eigenvalue weighted by Crippen LogP contribution is 2.14. The maximum absolute atomic E-state index is 13.5. The van der Waals surface area contributed by atoms with Gasteiger partial charge in [-0.15, -0.1) is 0 Å². The van der Waals surface area contributed by atoms with E-state index in [9.17, 15) is 13.6 Å². The summed E-state index contributed by atoms with van der Waals surface area (Å²) in [5, 5.41) is 3.18. The Labute approximate surface area is 98.4 Å². The molecule has 1 saturated heterocycles. The Kier molecular flexibility index (Phi) is 3.38. The molecule has 1 aromatic carbocycles. The van der Waals surface area contributed by atoms with Crippen LogP contribution in [0, 0.1) is 11.6 Å². The molecule has 0 spiro atoms. The molecule has 1 amide bonds. The van der Waals surface area contributed by atoms with Crippen molar-refractivity contribution in [1.29, 1.82) is 0 Å². The van der Waals surface area contributed by atoms with E-state index < -0.39 is 17.5 Å². The minimum Gasteiger partial charge on any atom is -0.336 e. The summed E-state index contributed by atoms with van der Waals surface area (Å²) in [5.74, 6) is -2.50. The normalized spacial score (nSPS) is 20.4. The van der Waals surface area contributed by atoms with E-state index in [1.54, 1.807) is 4.90 Å². The minimum absolute atomic E-state index is 0.171. The van der Waals surface area contributed by atoms with Crippen LogP contribution in [-0.2, 0) is 0 Å². The first-order chi connectivity index (χ1) is 8.09. The van der Waals surface area contributed by atoms with Gasteiger partial charge >= 0.3 is 0 Å². The van der Waals surface area contributed by atoms with Gasteiger partial charge in [-0.25, -0.2) is 8.78 Å². The summed E-state index contributed by atoms with van der Waals surface area (Å²) in [7, 11) is 0. The number of hydrogen-bond acceptors (Lipinski definition) is 2. The van der Waals surface area contributed by atoms with Gasteiger partial charge in [0.15, 0.2) is 11.6 Å². The Bertz CT molecular complexity index is 437. The molecule has 1 atom stereocenters. The number of piperazine rings is 1. The molecule has 1 heterocycles. The minimum atomic E-state index is -1.07. The van der Waals surface area contributed by atoms with E-state index >= 15 is 0 Å². The number of amides is 1. The van der Waals surface area contributed by atoms with Crippen LogP contribution in [0.2, 0.25) is 0 Å². The van der Waals surface area contributed by atoms with Gasteiger partial charge in [-0.3, -0.25) is 4.79 Å². The van der Waals surface area contributed by atoms with Gasteiger partial charge in [-0.05, 0) is 19.1 Å². The molecule has 3 nitrogen and oxygen atoms in total. The van der Waals surface area contributed by atoms with E-state index in [4.69, 9.17) is 0 Å². The third-order valence-corrected chi connectivity index (χ3v) is 2.84. The lowest BCUT2D eigenvalue weighted by Crippen LogP contribution is -2.51. The highest BCUT2D eigenvalue weighted by molar-refractivity contribution is 5.94. The van der Waals surface area contributed by atoms with Crippen molar-refractivity contribution < 1.29 is 13.6 Å². The van der Waals surface area contributed by atoms with Gasteiger partial charge in [-0.1, -0.05) is 6.07 Å². The topological polar surface area (TPSA) is 32.3 Å². The van der Waals surface area contributed by atoms with Crippen molar-refractivity contribution in [2.24, 2.45) is 0 Å². The quantitative estimate of drug-likeness (QED) is 0.804. The molecule has 1 fully saturated rings. The number of benzene rings is 1. The molecule has 0 saturated carbocycles. The Morgan fingerprint density at radius 3 is 2.94 bits per heavy atom. The van der Waals surface area contributed by atoms with Crippen molar-refractivity contribution in [3.63, 3.8) is 0 Å². The highest BCUT2D eigenvalue weighted by atomic mass is 19.2. The molecule has 0 aliphatic carbocycles. The fraction of sp³-hybridized carbons (Fsp3) is 0.417. The van der Waals surface area contributed by atoms with Crippen LogP contribution < -0.4 is 5.32 Å². The van der Waals surface area contributed by atoms with Crippen LogP contribution in [0.25, 0.3) is 0 Å². The van der Waals surface area contributed by atoms with Crippen molar-refractivity contribution in [2.75, 3.05) is 19.6 Å². The third-order valence-electron chi connectivity index (χ3n) is 2.84. The van der Waals surface area contributed by atoms with Crippen molar-refractivity contribution in [3.05, 3.63) is 35.4 Å². The number of nitrogens with one attached hydrogen (secondary N) is 1. The van der Waals surface area contributed by atoms with Crippen LogP contribution >= 0.6 is 0 Å². The zero-order valence-electron chi connectivity index (χ0n) is 9.54. The first-order valence-electron chi connectivity index (χ1n) is 5.56. The van der Waals surface area contributed by atoms with Gasteiger partial charge in [0.05, 0.1) is 5.56 Å². The standard InChI is InChI=1S/C12H14F2N2O/c1-8-7-16(6-5-15-8)12(17)9-3-2-4-10(13)11(9)14/h2-4,8,15H,5-7H2,1H3/t8-/m0/s1. The van der Waals surface area contributed by atoms with Crippen molar-refractivity contribution in [3.8, 4) is 0 Å². The molecule has 17 heavy (non-hydrogen) atoms. The van der Waals surface area contributed by atoms with Gasteiger partial charge in [0.1, 0.15) is 0 Å². The van der Waals surface area contributed by atoms with Crippen molar-refractivity contribution in [2.45, 2.75) is 13.0 Å². The number of nitrogens with zero attached hydrogens (tertiary/aromatic N) is 1. The first kappa shape index (κ1) is 12.0. The highest BCUT2D eigenvalue weighted by Gasteiger charge is 2.24. The summed E-state index contributed by atoms with van der Waals surface area (Å²) in [6, 6.07) is 3.83. The van der Waals surface area contributed by atoms with Gasteiger partial charge in [0.25, 0.3) is 5.91 Å². The molecule has 92 valence electrons. The van der Waals surface area contributed by atoms with E-state index in [0.29, 0.717) is 19.6 Å². The molecule has 1 N–H and O–H groups in total. The average molecular weight is 240 g/mol. The predicted octanol–water partition coefficient (Wildman–Crippen LogP) is 1.40. The fourth-order valence-corrected chi connectivity index (χ4v) is 1.96. The zero-order valence-corrected chi connectivity index (χ0v) is 9.54. The van der Waals surface area contributed by atoms with Crippen LogP contribution in [0.3, 0.4) is 0 Å². The lowest BCUT2D eigenvalue weighted by Gasteiger charge is -2.32. The summed E-state index contributed by atoms with van der Waals surface area (Å²) < 4.78 is 26.5. The number of halogens is 2.